The maximum Gasteiger partial charge on any atom is 0.128 e. The van der Waals surface area contributed by atoms with Crippen LogP contribution in [0, 0.1) is 0 Å². The summed E-state index contributed by atoms with van der Waals surface area (Å²) in [5.41, 5.74) is 0. The van der Waals surface area contributed by atoms with E-state index in [9.17, 15) is 0 Å². The van der Waals surface area contributed by atoms with Crippen molar-refractivity contribution in [2.75, 3.05) is 32.1 Å². The zero-order valence-electron chi connectivity index (χ0n) is 8.85. The minimum atomic E-state index is 0.678. The van der Waals surface area contributed by atoms with Gasteiger partial charge in [-0.3, -0.25) is 0 Å². The van der Waals surface area contributed by atoms with Gasteiger partial charge in [0.25, 0.3) is 0 Å². The van der Waals surface area contributed by atoms with Crippen LogP contribution >= 0.6 is 0 Å². The van der Waals surface area contributed by atoms with Crippen molar-refractivity contribution in [1.82, 2.24) is 9.88 Å². The molecule has 14 heavy (non-hydrogen) atoms. The highest BCUT2D eigenvalue weighted by Gasteiger charge is 2.24. The molecule has 1 aliphatic heterocycles. The Labute approximate surface area is 85.4 Å². The van der Waals surface area contributed by atoms with Gasteiger partial charge in [0.1, 0.15) is 5.82 Å². The molecule has 0 bridgehead atoms. The van der Waals surface area contributed by atoms with Crippen LogP contribution < -0.4 is 4.90 Å². The molecule has 3 heteroatoms. The van der Waals surface area contributed by atoms with Crippen molar-refractivity contribution in [2.24, 2.45) is 0 Å². The van der Waals surface area contributed by atoms with Crippen molar-refractivity contribution in [3.63, 3.8) is 0 Å². The van der Waals surface area contributed by atoms with Crippen molar-refractivity contribution in [3.8, 4) is 0 Å². The molecule has 1 saturated heterocycles. The van der Waals surface area contributed by atoms with Gasteiger partial charge in [0.2, 0.25) is 0 Å². The molecule has 1 aliphatic rings. The molecule has 0 radical (unpaired) electrons. The van der Waals surface area contributed by atoms with Gasteiger partial charge in [0, 0.05) is 25.3 Å². The Balaban J connectivity index is 2.03. The van der Waals surface area contributed by atoms with Gasteiger partial charge in [0.05, 0.1) is 0 Å². The Hall–Kier alpha value is -1.09. The minimum Gasteiger partial charge on any atom is -0.355 e. The molecule has 0 amide bonds. The zero-order chi connectivity index (χ0) is 9.97. The van der Waals surface area contributed by atoms with E-state index >= 15 is 0 Å². The fourth-order valence-corrected chi connectivity index (χ4v) is 1.91. The van der Waals surface area contributed by atoms with Gasteiger partial charge in [0.15, 0.2) is 0 Å². The van der Waals surface area contributed by atoms with Gasteiger partial charge in [-0.1, -0.05) is 6.07 Å². The van der Waals surface area contributed by atoms with Crippen LogP contribution in [0.15, 0.2) is 24.4 Å². The molecule has 76 valence electrons. The lowest BCUT2D eigenvalue weighted by Gasteiger charge is -2.20. The van der Waals surface area contributed by atoms with Gasteiger partial charge in [-0.25, -0.2) is 4.98 Å². The highest BCUT2D eigenvalue weighted by molar-refractivity contribution is 5.39. The van der Waals surface area contributed by atoms with Crippen LogP contribution in [0.4, 0.5) is 5.82 Å². The highest BCUT2D eigenvalue weighted by Crippen LogP contribution is 2.19. The summed E-state index contributed by atoms with van der Waals surface area (Å²) in [5.74, 6) is 1.11. The lowest BCUT2D eigenvalue weighted by Crippen LogP contribution is -2.31. The number of anilines is 1. The minimum absolute atomic E-state index is 0.678. The number of pyridine rings is 1. The number of rotatable bonds is 2. The Bertz CT molecular complexity index is 284. The van der Waals surface area contributed by atoms with E-state index in [4.69, 9.17) is 0 Å². The maximum absolute atomic E-state index is 4.36. The van der Waals surface area contributed by atoms with Gasteiger partial charge in [-0.15, -0.1) is 0 Å². The molecule has 1 aromatic rings. The summed E-state index contributed by atoms with van der Waals surface area (Å²) >= 11 is 0. The summed E-state index contributed by atoms with van der Waals surface area (Å²) in [5, 5.41) is 0. The summed E-state index contributed by atoms with van der Waals surface area (Å²) < 4.78 is 0. The monoisotopic (exact) mass is 191 g/mol. The van der Waals surface area contributed by atoms with E-state index in [1.54, 1.807) is 0 Å². The molecule has 3 nitrogen and oxygen atoms in total. The largest absolute Gasteiger partial charge is 0.355 e. The Kier molecular flexibility index (Phi) is 2.68. The fourth-order valence-electron chi connectivity index (χ4n) is 1.91. The Morgan fingerprint density at radius 3 is 2.86 bits per heavy atom. The van der Waals surface area contributed by atoms with Gasteiger partial charge in [-0.2, -0.15) is 0 Å². The van der Waals surface area contributed by atoms with E-state index in [2.05, 4.69) is 34.9 Å². The van der Waals surface area contributed by atoms with Crippen molar-refractivity contribution < 1.29 is 0 Å². The van der Waals surface area contributed by atoms with E-state index in [1.165, 1.54) is 6.42 Å². The van der Waals surface area contributed by atoms with Crippen LogP contribution in [-0.4, -0.2) is 43.1 Å². The molecule has 1 atom stereocenters. The molecule has 0 aromatic carbocycles. The molecule has 0 unspecified atom stereocenters. The van der Waals surface area contributed by atoms with E-state index in [0.717, 1.165) is 18.9 Å². The number of hydrogen-bond donors (Lipinski definition) is 0. The van der Waals surface area contributed by atoms with Crippen LogP contribution in [0.25, 0.3) is 0 Å². The summed E-state index contributed by atoms with van der Waals surface area (Å²) in [6, 6.07) is 6.77. The zero-order valence-corrected chi connectivity index (χ0v) is 8.85. The average Bonchev–Trinajstić information content (AvgIpc) is 2.68. The first kappa shape index (κ1) is 9.46. The maximum atomic E-state index is 4.36. The molecule has 0 N–H and O–H groups in total. The van der Waals surface area contributed by atoms with Crippen LogP contribution in [0.5, 0.6) is 0 Å². The predicted octanol–water partition coefficient (Wildman–Crippen LogP) is 1.22. The second-order valence-electron chi connectivity index (χ2n) is 4.04. The quantitative estimate of drug-likeness (QED) is 0.700. The first-order valence-corrected chi connectivity index (χ1v) is 5.10. The summed E-state index contributed by atoms with van der Waals surface area (Å²) in [6.45, 7) is 2.23. The average molecular weight is 191 g/mol. The molecular formula is C11H17N3. The van der Waals surface area contributed by atoms with Crippen LogP contribution in [0.3, 0.4) is 0 Å². The molecule has 2 heterocycles. The van der Waals surface area contributed by atoms with Crippen molar-refractivity contribution in [3.05, 3.63) is 24.4 Å². The smallest absolute Gasteiger partial charge is 0.128 e. The van der Waals surface area contributed by atoms with Crippen molar-refractivity contribution >= 4 is 5.82 Å². The van der Waals surface area contributed by atoms with Crippen LogP contribution in [0.2, 0.25) is 0 Å². The molecule has 0 saturated carbocycles. The van der Waals surface area contributed by atoms with E-state index in [0.29, 0.717) is 6.04 Å². The number of nitrogens with zero attached hydrogens (tertiary/aromatic N) is 3. The third kappa shape index (κ3) is 1.87. The Morgan fingerprint density at radius 1 is 1.43 bits per heavy atom. The third-order valence-electron chi connectivity index (χ3n) is 2.87. The van der Waals surface area contributed by atoms with Crippen LogP contribution in [0.1, 0.15) is 6.42 Å². The van der Waals surface area contributed by atoms with Crippen molar-refractivity contribution in [2.45, 2.75) is 12.5 Å². The number of aromatic nitrogens is 1. The Morgan fingerprint density at radius 2 is 2.29 bits per heavy atom. The van der Waals surface area contributed by atoms with E-state index in [1.807, 2.05) is 18.3 Å². The van der Waals surface area contributed by atoms with E-state index in [-0.39, 0.29) is 0 Å². The second kappa shape index (κ2) is 3.96. The first-order chi connectivity index (χ1) is 6.77. The lowest BCUT2D eigenvalue weighted by atomic mass is 10.2. The van der Waals surface area contributed by atoms with Gasteiger partial charge >= 0.3 is 0 Å². The molecule has 1 fully saturated rings. The standard InChI is InChI=1S/C11H17N3/c1-13(2)10-6-8-14(9-10)11-5-3-4-7-12-11/h3-5,7,10H,6,8-9H2,1-2H3/t10-/m1/s1. The van der Waals surface area contributed by atoms with E-state index < -0.39 is 0 Å². The first-order valence-electron chi connectivity index (χ1n) is 5.10. The molecule has 2 rings (SSSR count). The molecule has 0 aliphatic carbocycles. The number of hydrogen-bond acceptors (Lipinski definition) is 3. The second-order valence-corrected chi connectivity index (χ2v) is 4.04. The number of likely N-dealkylation sites (N-methyl/N-ethyl adjacent to an activating group) is 1. The topological polar surface area (TPSA) is 19.4 Å². The molecule has 1 aromatic heterocycles. The SMILES string of the molecule is CN(C)[C@@H]1CCN(c2ccccn2)C1. The van der Waals surface area contributed by atoms with Crippen molar-refractivity contribution in [1.29, 1.82) is 0 Å². The fraction of sp³-hybridized carbons (Fsp3) is 0.545. The third-order valence-corrected chi connectivity index (χ3v) is 2.87. The lowest BCUT2D eigenvalue weighted by molar-refractivity contribution is 0.315. The highest BCUT2D eigenvalue weighted by atomic mass is 15.3. The summed E-state index contributed by atoms with van der Waals surface area (Å²) in [4.78, 5) is 9.01. The molecular weight excluding hydrogens is 174 g/mol. The molecule has 0 spiro atoms. The van der Waals surface area contributed by atoms with Gasteiger partial charge in [-0.05, 0) is 32.6 Å². The summed E-state index contributed by atoms with van der Waals surface area (Å²) in [7, 11) is 4.29. The summed E-state index contributed by atoms with van der Waals surface area (Å²) in [6.07, 6.45) is 3.10. The predicted molar refractivity (Wildman–Crippen MR) is 58.5 cm³/mol. The normalized spacial score (nSPS) is 21.9. The van der Waals surface area contributed by atoms with Crippen LogP contribution in [-0.2, 0) is 0 Å². The van der Waals surface area contributed by atoms with Gasteiger partial charge < -0.3 is 9.80 Å².